The molecule has 1 aliphatic heterocycles. The van der Waals surface area contributed by atoms with E-state index >= 15 is 0 Å². The van der Waals surface area contributed by atoms with E-state index in [0.29, 0.717) is 30.4 Å². The van der Waals surface area contributed by atoms with Crippen LogP contribution in [-0.2, 0) is 0 Å². The number of amides is 2. The van der Waals surface area contributed by atoms with E-state index in [4.69, 9.17) is 14.2 Å². The maximum absolute atomic E-state index is 12.5. The average molecular weight is 356 g/mol. The minimum Gasteiger partial charge on any atom is -0.495 e. The molecule has 0 aliphatic carbocycles. The fourth-order valence-corrected chi connectivity index (χ4v) is 2.94. The number of ether oxygens (including phenoxy) is 3. The lowest BCUT2D eigenvalue weighted by Crippen LogP contribution is -2.35. The van der Waals surface area contributed by atoms with Gasteiger partial charge in [0.25, 0.3) is 0 Å². The Morgan fingerprint density at radius 2 is 1.81 bits per heavy atom. The highest BCUT2D eigenvalue weighted by Crippen LogP contribution is 2.34. The number of urea groups is 1. The summed E-state index contributed by atoms with van der Waals surface area (Å²) in [6, 6.07) is 12.6. The smallest absolute Gasteiger partial charge is 0.319 e. The van der Waals surface area contributed by atoms with E-state index in [9.17, 15) is 4.79 Å². The summed E-state index contributed by atoms with van der Waals surface area (Å²) in [5, 5.41) is 5.89. The Hall–Kier alpha value is -2.89. The maximum atomic E-state index is 12.5. The normalized spacial score (nSPS) is 13.8. The maximum Gasteiger partial charge on any atom is 0.319 e. The highest BCUT2D eigenvalue weighted by atomic mass is 16.6. The number of fused-ring (bicyclic) bond motifs is 1. The summed E-state index contributed by atoms with van der Waals surface area (Å²) in [5.74, 6) is 2.26. The number of methoxy groups -OCH3 is 1. The number of carbonyl (C=O) groups is 1. The summed E-state index contributed by atoms with van der Waals surface area (Å²) < 4.78 is 16.5. The summed E-state index contributed by atoms with van der Waals surface area (Å²) in [6.07, 6.45) is 0. The van der Waals surface area contributed by atoms with Crippen molar-refractivity contribution in [2.24, 2.45) is 5.92 Å². The van der Waals surface area contributed by atoms with E-state index in [-0.39, 0.29) is 18.0 Å². The van der Waals surface area contributed by atoms with Gasteiger partial charge < -0.3 is 24.8 Å². The summed E-state index contributed by atoms with van der Waals surface area (Å²) in [7, 11) is 1.57. The largest absolute Gasteiger partial charge is 0.495 e. The van der Waals surface area contributed by atoms with Crippen molar-refractivity contribution in [2.75, 3.05) is 25.6 Å². The van der Waals surface area contributed by atoms with Gasteiger partial charge >= 0.3 is 6.03 Å². The minimum absolute atomic E-state index is 0.166. The second kappa shape index (κ2) is 7.99. The molecule has 1 aliphatic rings. The van der Waals surface area contributed by atoms with Gasteiger partial charge in [0.15, 0.2) is 11.5 Å². The number of benzene rings is 2. The van der Waals surface area contributed by atoms with E-state index < -0.39 is 0 Å². The predicted octanol–water partition coefficient (Wildman–Crippen LogP) is 3.99. The molecule has 6 nitrogen and oxygen atoms in total. The van der Waals surface area contributed by atoms with Crippen LogP contribution in [0.1, 0.15) is 25.5 Å². The van der Waals surface area contributed by atoms with Crippen molar-refractivity contribution in [3.8, 4) is 17.2 Å². The molecular formula is C20H24N2O4. The standard InChI is InChI=1S/C20H24N2O4/c1-13(2)19(14-8-9-17-18(12-14)26-11-10-25-17)22-20(23)21-15-6-4-5-7-16(15)24-3/h4-9,12-13,19H,10-11H2,1-3H3,(H2,21,22,23)/t19-/m1/s1. The van der Waals surface area contributed by atoms with Crippen molar-refractivity contribution in [2.45, 2.75) is 19.9 Å². The first kappa shape index (κ1) is 17.9. The van der Waals surface area contributed by atoms with Crippen molar-refractivity contribution in [3.63, 3.8) is 0 Å². The lowest BCUT2D eigenvalue weighted by atomic mass is 9.95. The summed E-state index contributed by atoms with van der Waals surface area (Å²) in [6.45, 7) is 5.21. The topological polar surface area (TPSA) is 68.8 Å². The van der Waals surface area contributed by atoms with Crippen LogP contribution < -0.4 is 24.8 Å². The second-order valence-electron chi connectivity index (χ2n) is 6.42. The molecule has 1 atom stereocenters. The van der Waals surface area contributed by atoms with Gasteiger partial charge in [0.2, 0.25) is 0 Å². The van der Waals surface area contributed by atoms with E-state index in [0.717, 1.165) is 11.3 Å². The van der Waals surface area contributed by atoms with E-state index in [1.54, 1.807) is 19.2 Å². The van der Waals surface area contributed by atoms with Crippen LogP contribution in [0, 0.1) is 5.92 Å². The molecule has 138 valence electrons. The number of rotatable bonds is 5. The average Bonchev–Trinajstić information content (AvgIpc) is 2.66. The van der Waals surface area contributed by atoms with Crippen molar-refractivity contribution >= 4 is 11.7 Å². The first-order valence-electron chi connectivity index (χ1n) is 8.68. The van der Waals surface area contributed by atoms with Gasteiger partial charge in [0.05, 0.1) is 18.8 Å². The molecule has 0 saturated heterocycles. The summed E-state index contributed by atoms with van der Waals surface area (Å²) in [4.78, 5) is 12.5. The molecule has 2 amide bonds. The molecular weight excluding hydrogens is 332 g/mol. The molecule has 2 N–H and O–H groups in total. The number of hydrogen-bond acceptors (Lipinski definition) is 4. The van der Waals surface area contributed by atoms with Gasteiger partial charge in [-0.25, -0.2) is 4.79 Å². The van der Waals surface area contributed by atoms with Crippen LogP contribution in [0.5, 0.6) is 17.2 Å². The number of nitrogens with one attached hydrogen (secondary N) is 2. The molecule has 6 heteroatoms. The second-order valence-corrected chi connectivity index (χ2v) is 6.42. The van der Waals surface area contributed by atoms with Crippen LogP contribution >= 0.6 is 0 Å². The fraction of sp³-hybridized carbons (Fsp3) is 0.350. The Balaban J connectivity index is 1.75. The molecule has 0 radical (unpaired) electrons. The Morgan fingerprint density at radius 3 is 2.54 bits per heavy atom. The third-order valence-corrected chi connectivity index (χ3v) is 4.23. The van der Waals surface area contributed by atoms with Gasteiger partial charge in [-0.15, -0.1) is 0 Å². The molecule has 3 rings (SSSR count). The van der Waals surface area contributed by atoms with Gasteiger partial charge in [-0.1, -0.05) is 32.0 Å². The monoisotopic (exact) mass is 356 g/mol. The zero-order valence-corrected chi connectivity index (χ0v) is 15.2. The molecule has 0 fully saturated rings. The van der Waals surface area contributed by atoms with Crippen LogP contribution in [0.25, 0.3) is 0 Å². The molecule has 1 heterocycles. The van der Waals surface area contributed by atoms with Gasteiger partial charge in [0.1, 0.15) is 19.0 Å². The van der Waals surface area contributed by atoms with Crippen molar-refractivity contribution in [3.05, 3.63) is 48.0 Å². The zero-order chi connectivity index (χ0) is 18.5. The summed E-state index contributed by atoms with van der Waals surface area (Å²) >= 11 is 0. The highest BCUT2D eigenvalue weighted by Gasteiger charge is 2.22. The first-order valence-corrected chi connectivity index (χ1v) is 8.68. The number of hydrogen-bond donors (Lipinski definition) is 2. The minimum atomic E-state index is -0.289. The fourth-order valence-electron chi connectivity index (χ4n) is 2.94. The van der Waals surface area contributed by atoms with E-state index in [1.807, 2.05) is 30.3 Å². The van der Waals surface area contributed by atoms with Crippen LogP contribution in [0.3, 0.4) is 0 Å². The lowest BCUT2D eigenvalue weighted by molar-refractivity contribution is 0.171. The van der Waals surface area contributed by atoms with E-state index in [2.05, 4.69) is 24.5 Å². The molecule has 0 bridgehead atoms. The number of anilines is 1. The molecule has 0 saturated carbocycles. The molecule has 0 unspecified atom stereocenters. The van der Waals surface area contributed by atoms with Crippen LogP contribution in [-0.4, -0.2) is 26.4 Å². The van der Waals surface area contributed by atoms with Crippen molar-refractivity contribution in [1.82, 2.24) is 5.32 Å². The first-order chi connectivity index (χ1) is 12.6. The van der Waals surface area contributed by atoms with Crippen molar-refractivity contribution in [1.29, 1.82) is 0 Å². The van der Waals surface area contributed by atoms with Gasteiger partial charge in [-0.05, 0) is 35.7 Å². The quantitative estimate of drug-likeness (QED) is 0.850. The lowest BCUT2D eigenvalue weighted by Gasteiger charge is -2.25. The Morgan fingerprint density at radius 1 is 1.08 bits per heavy atom. The van der Waals surface area contributed by atoms with Crippen LogP contribution in [0.2, 0.25) is 0 Å². The molecule has 0 aromatic heterocycles. The van der Waals surface area contributed by atoms with E-state index in [1.165, 1.54) is 0 Å². The number of para-hydroxylation sites is 2. The van der Waals surface area contributed by atoms with Crippen molar-refractivity contribution < 1.29 is 19.0 Å². The Labute approximate surface area is 153 Å². The molecule has 2 aromatic carbocycles. The Bertz CT molecular complexity index is 776. The van der Waals surface area contributed by atoms with Crippen LogP contribution in [0.15, 0.2) is 42.5 Å². The zero-order valence-electron chi connectivity index (χ0n) is 15.2. The molecule has 2 aromatic rings. The van der Waals surface area contributed by atoms with Gasteiger partial charge in [-0.3, -0.25) is 0 Å². The predicted molar refractivity (Wildman–Crippen MR) is 100 cm³/mol. The Kier molecular flexibility index (Phi) is 5.51. The van der Waals surface area contributed by atoms with Gasteiger partial charge in [0, 0.05) is 0 Å². The number of carbonyl (C=O) groups excluding carboxylic acids is 1. The molecule has 0 spiro atoms. The third-order valence-electron chi connectivity index (χ3n) is 4.23. The van der Waals surface area contributed by atoms with Crippen LogP contribution in [0.4, 0.5) is 10.5 Å². The SMILES string of the molecule is COc1ccccc1NC(=O)N[C@@H](c1ccc2c(c1)OCCO2)C(C)C. The highest BCUT2D eigenvalue weighted by molar-refractivity contribution is 5.91. The molecule has 26 heavy (non-hydrogen) atoms. The third kappa shape index (κ3) is 4.02. The summed E-state index contributed by atoms with van der Waals surface area (Å²) in [5.41, 5.74) is 1.59. The van der Waals surface area contributed by atoms with Gasteiger partial charge in [-0.2, -0.15) is 0 Å².